The van der Waals surface area contributed by atoms with Crippen LogP contribution in [0.4, 0.5) is 8.78 Å². The second-order valence-corrected chi connectivity index (χ2v) is 5.02. The molecule has 18 heavy (non-hydrogen) atoms. The molecule has 0 radical (unpaired) electrons. The second kappa shape index (κ2) is 4.68. The van der Waals surface area contributed by atoms with Gasteiger partial charge in [-0.2, -0.15) is 0 Å². The van der Waals surface area contributed by atoms with E-state index < -0.39 is 17.2 Å². The highest BCUT2D eigenvalue weighted by Gasteiger charge is 2.17. The van der Waals surface area contributed by atoms with Gasteiger partial charge in [0, 0.05) is 6.07 Å². The molecule has 0 atom stereocenters. The minimum Gasteiger partial charge on any atom is -0.293 e. The van der Waals surface area contributed by atoms with Crippen molar-refractivity contribution in [3.05, 3.63) is 50.4 Å². The lowest BCUT2D eigenvalue weighted by molar-refractivity contribution is 0.571. The summed E-state index contributed by atoms with van der Waals surface area (Å²) < 4.78 is 27.9. The molecule has 0 saturated carbocycles. The molecule has 3 nitrogen and oxygen atoms in total. The molecule has 0 aliphatic carbocycles. The quantitative estimate of drug-likeness (QED) is 0.906. The normalized spacial score (nSPS) is 11.2. The molecule has 2 aromatic rings. The van der Waals surface area contributed by atoms with Gasteiger partial charge in [-0.15, -0.1) is 0 Å². The van der Waals surface area contributed by atoms with Crippen LogP contribution >= 0.6 is 15.9 Å². The lowest BCUT2D eigenvalue weighted by Crippen LogP contribution is -2.16. The number of rotatable bonds is 2. The first kappa shape index (κ1) is 13.0. The van der Waals surface area contributed by atoms with Gasteiger partial charge in [0.05, 0.1) is 5.69 Å². The summed E-state index contributed by atoms with van der Waals surface area (Å²) in [4.78, 5) is 12.0. The summed E-state index contributed by atoms with van der Waals surface area (Å²) in [5.74, 6) is -1.39. The van der Waals surface area contributed by atoms with Gasteiger partial charge in [0.2, 0.25) is 0 Å². The topological polar surface area (TPSA) is 37.8 Å². The minimum absolute atomic E-state index is 0.00556. The Morgan fingerprint density at radius 3 is 2.50 bits per heavy atom. The van der Waals surface area contributed by atoms with E-state index in [0.29, 0.717) is 10.2 Å². The zero-order valence-electron chi connectivity index (χ0n) is 9.80. The highest BCUT2D eigenvalue weighted by molar-refractivity contribution is 9.10. The number of hydrogen-bond acceptors (Lipinski definition) is 1. The van der Waals surface area contributed by atoms with Crippen molar-refractivity contribution in [2.24, 2.45) is 0 Å². The van der Waals surface area contributed by atoms with Crippen LogP contribution < -0.4 is 5.56 Å². The van der Waals surface area contributed by atoms with Gasteiger partial charge in [-0.1, -0.05) is 13.8 Å². The molecule has 0 unspecified atom stereocenters. The van der Waals surface area contributed by atoms with Crippen molar-refractivity contribution in [2.45, 2.75) is 19.8 Å². The largest absolute Gasteiger partial charge is 0.293 e. The molecule has 1 N–H and O–H groups in total. The van der Waals surface area contributed by atoms with E-state index in [-0.39, 0.29) is 11.6 Å². The molecule has 0 spiro atoms. The van der Waals surface area contributed by atoms with Gasteiger partial charge in [0.1, 0.15) is 16.0 Å². The van der Waals surface area contributed by atoms with Crippen LogP contribution in [0.3, 0.4) is 0 Å². The first-order valence-electron chi connectivity index (χ1n) is 5.37. The van der Waals surface area contributed by atoms with Crippen LogP contribution in [-0.4, -0.2) is 9.78 Å². The fraction of sp³-hybridized carbons (Fsp3) is 0.250. The number of benzene rings is 1. The summed E-state index contributed by atoms with van der Waals surface area (Å²) in [5.41, 5.74) is 0.266. The summed E-state index contributed by atoms with van der Waals surface area (Å²) in [6, 6.07) is 3.07. The predicted octanol–water partition coefficient (Wildman–Crippen LogP) is 3.33. The van der Waals surface area contributed by atoms with Crippen LogP contribution in [-0.2, 0) is 0 Å². The molecule has 1 heterocycles. The van der Waals surface area contributed by atoms with Crippen molar-refractivity contribution in [3.8, 4) is 5.69 Å². The number of hydrogen-bond donors (Lipinski definition) is 1. The molecule has 0 aliphatic rings. The zero-order valence-corrected chi connectivity index (χ0v) is 11.4. The fourth-order valence-corrected chi connectivity index (χ4v) is 2.37. The van der Waals surface area contributed by atoms with E-state index in [4.69, 9.17) is 0 Å². The van der Waals surface area contributed by atoms with Gasteiger partial charge in [0.15, 0.2) is 5.82 Å². The molecule has 2 rings (SSSR count). The van der Waals surface area contributed by atoms with Crippen LogP contribution in [0.1, 0.15) is 25.5 Å². The zero-order chi connectivity index (χ0) is 13.4. The molecule has 0 saturated heterocycles. The average molecular weight is 317 g/mol. The third-order valence-electron chi connectivity index (χ3n) is 2.59. The SMILES string of the molecule is CC(C)c1[nH]n(-c2ccc(F)cc2F)c(=O)c1Br. The van der Waals surface area contributed by atoms with E-state index in [9.17, 15) is 13.6 Å². The number of H-pyrrole nitrogens is 1. The molecule has 0 aliphatic heterocycles. The Morgan fingerprint density at radius 1 is 1.33 bits per heavy atom. The Kier molecular flexibility index (Phi) is 3.38. The van der Waals surface area contributed by atoms with Crippen molar-refractivity contribution >= 4 is 15.9 Å². The maximum Gasteiger partial charge on any atom is 0.285 e. The van der Waals surface area contributed by atoms with Crippen molar-refractivity contribution < 1.29 is 8.78 Å². The molecular weight excluding hydrogens is 306 g/mol. The third-order valence-corrected chi connectivity index (χ3v) is 3.35. The Labute approximate surface area is 111 Å². The Hall–Kier alpha value is -1.43. The number of halogens is 3. The van der Waals surface area contributed by atoms with Crippen LogP contribution in [0.2, 0.25) is 0 Å². The highest BCUT2D eigenvalue weighted by atomic mass is 79.9. The summed E-state index contributed by atoms with van der Waals surface area (Å²) in [6.07, 6.45) is 0. The molecule has 0 fully saturated rings. The standard InChI is InChI=1S/C12H11BrF2N2O/c1-6(2)11-10(13)12(18)17(16-11)9-4-3-7(14)5-8(9)15/h3-6,16H,1-2H3. The van der Waals surface area contributed by atoms with Crippen LogP contribution in [0, 0.1) is 11.6 Å². The van der Waals surface area contributed by atoms with E-state index in [1.807, 2.05) is 13.8 Å². The van der Waals surface area contributed by atoms with Gasteiger partial charge in [-0.25, -0.2) is 13.5 Å². The fourth-order valence-electron chi connectivity index (χ4n) is 1.65. The minimum atomic E-state index is -0.791. The van der Waals surface area contributed by atoms with Gasteiger partial charge < -0.3 is 0 Å². The van der Waals surface area contributed by atoms with Crippen molar-refractivity contribution in [3.63, 3.8) is 0 Å². The van der Waals surface area contributed by atoms with E-state index in [1.54, 1.807) is 0 Å². The van der Waals surface area contributed by atoms with Gasteiger partial charge >= 0.3 is 0 Å². The van der Waals surface area contributed by atoms with Crippen molar-refractivity contribution in [1.82, 2.24) is 9.78 Å². The molecule has 0 amide bonds. The Morgan fingerprint density at radius 2 is 2.00 bits per heavy atom. The Bertz CT molecular complexity index is 646. The molecule has 0 bridgehead atoms. The molecule has 96 valence electrons. The van der Waals surface area contributed by atoms with Crippen molar-refractivity contribution in [1.29, 1.82) is 0 Å². The van der Waals surface area contributed by atoms with Crippen LogP contribution in [0.25, 0.3) is 5.69 Å². The molecule has 1 aromatic carbocycles. The monoisotopic (exact) mass is 316 g/mol. The number of nitrogens with one attached hydrogen (secondary N) is 1. The number of aromatic nitrogens is 2. The maximum absolute atomic E-state index is 13.6. The highest BCUT2D eigenvalue weighted by Crippen LogP contribution is 2.21. The van der Waals surface area contributed by atoms with E-state index in [1.165, 1.54) is 6.07 Å². The summed E-state index contributed by atoms with van der Waals surface area (Å²) in [5, 5.41) is 2.82. The number of aromatic amines is 1. The Balaban J connectivity index is 2.65. The van der Waals surface area contributed by atoms with E-state index >= 15 is 0 Å². The van der Waals surface area contributed by atoms with E-state index in [2.05, 4.69) is 21.0 Å². The summed E-state index contributed by atoms with van der Waals surface area (Å²) in [7, 11) is 0. The predicted molar refractivity (Wildman–Crippen MR) is 68.1 cm³/mol. The maximum atomic E-state index is 13.6. The molecule has 1 aromatic heterocycles. The lowest BCUT2D eigenvalue weighted by Gasteiger charge is -2.04. The first-order valence-corrected chi connectivity index (χ1v) is 6.17. The van der Waals surface area contributed by atoms with Crippen molar-refractivity contribution in [2.75, 3.05) is 0 Å². The molecule has 6 heteroatoms. The smallest absolute Gasteiger partial charge is 0.285 e. The number of nitrogens with zero attached hydrogens (tertiary/aromatic N) is 1. The first-order chi connectivity index (χ1) is 8.41. The third kappa shape index (κ3) is 2.12. The van der Waals surface area contributed by atoms with Crippen LogP contribution in [0.5, 0.6) is 0 Å². The lowest BCUT2D eigenvalue weighted by atomic mass is 10.1. The van der Waals surface area contributed by atoms with Gasteiger partial charge in [-0.05, 0) is 34.0 Å². The van der Waals surface area contributed by atoms with Crippen LogP contribution in [0.15, 0.2) is 27.5 Å². The second-order valence-electron chi connectivity index (χ2n) is 4.23. The van der Waals surface area contributed by atoms with Gasteiger partial charge in [0.25, 0.3) is 5.56 Å². The summed E-state index contributed by atoms with van der Waals surface area (Å²) in [6.45, 7) is 3.81. The average Bonchev–Trinajstić information content (AvgIpc) is 2.57. The van der Waals surface area contributed by atoms with E-state index in [0.717, 1.165) is 16.8 Å². The van der Waals surface area contributed by atoms with Gasteiger partial charge in [-0.3, -0.25) is 9.89 Å². The molecular formula is C12H11BrF2N2O. The summed E-state index contributed by atoms with van der Waals surface area (Å²) >= 11 is 3.18.